The van der Waals surface area contributed by atoms with Crippen LogP contribution < -0.4 is 20.1 Å². The van der Waals surface area contributed by atoms with Gasteiger partial charge in [0.1, 0.15) is 17.6 Å². The molecule has 2 aromatic carbocycles. The number of pyridine rings is 1. The summed E-state index contributed by atoms with van der Waals surface area (Å²) in [5.41, 5.74) is 5.48. The second-order valence-corrected chi connectivity index (χ2v) is 21.9. The number of nitrogens with zero attached hydrogens (tertiary/aromatic N) is 4. The van der Waals surface area contributed by atoms with Crippen molar-refractivity contribution in [1.82, 2.24) is 24.8 Å². The van der Waals surface area contributed by atoms with Gasteiger partial charge in [-0.25, -0.2) is 4.79 Å². The predicted octanol–water partition coefficient (Wildman–Crippen LogP) is 9.49. The quantitative estimate of drug-likeness (QED) is 0.166. The number of nitrogens with one attached hydrogen (secondary N) is 2. The molecule has 11 heteroatoms. The second-order valence-electron chi connectivity index (χ2n) is 17.1. The van der Waals surface area contributed by atoms with Gasteiger partial charge in [-0.2, -0.15) is 0 Å². The summed E-state index contributed by atoms with van der Waals surface area (Å²) in [5, 5.41) is 15.5. The van der Waals surface area contributed by atoms with Crippen molar-refractivity contribution in [3.63, 3.8) is 0 Å². The number of anilines is 1. The summed E-state index contributed by atoms with van der Waals surface area (Å²) in [6, 6.07) is 16.2. The maximum absolute atomic E-state index is 13.8. The molecule has 2 aromatic heterocycles. The third-order valence-electron chi connectivity index (χ3n) is 11.4. The fraction of sp³-hybridized carbons (Fsp3) is 0.537. The van der Waals surface area contributed by atoms with Gasteiger partial charge in [-0.05, 0) is 104 Å². The predicted molar refractivity (Wildman–Crippen MR) is 210 cm³/mol. The van der Waals surface area contributed by atoms with Crippen LogP contribution in [0.5, 0.6) is 11.5 Å². The molecule has 4 aromatic rings. The molecule has 1 fully saturated rings. The summed E-state index contributed by atoms with van der Waals surface area (Å²) in [4.78, 5) is 16.2. The first-order valence-corrected chi connectivity index (χ1v) is 21.7. The molecule has 1 saturated heterocycles. The first-order chi connectivity index (χ1) is 24.6. The van der Waals surface area contributed by atoms with E-state index < -0.39 is 8.32 Å². The van der Waals surface area contributed by atoms with Gasteiger partial charge in [0, 0.05) is 5.56 Å². The van der Waals surface area contributed by atoms with Crippen molar-refractivity contribution in [2.75, 3.05) is 26.0 Å². The number of hydrogen-bond donors (Lipinski definition) is 2. The van der Waals surface area contributed by atoms with Crippen LogP contribution in [0.15, 0.2) is 54.7 Å². The van der Waals surface area contributed by atoms with Crippen LogP contribution in [0.1, 0.15) is 120 Å². The molecule has 1 aliphatic heterocycles. The van der Waals surface area contributed by atoms with Crippen LogP contribution in [0.2, 0.25) is 18.1 Å². The first kappa shape index (κ1) is 37.8. The van der Waals surface area contributed by atoms with Crippen molar-refractivity contribution in [2.45, 2.75) is 122 Å². The van der Waals surface area contributed by atoms with Gasteiger partial charge < -0.3 is 24.5 Å². The van der Waals surface area contributed by atoms with Gasteiger partial charge in [-0.1, -0.05) is 72.2 Å². The lowest BCUT2D eigenvalue weighted by atomic mass is 9.85. The van der Waals surface area contributed by atoms with Gasteiger partial charge in [0.2, 0.25) is 0 Å². The fourth-order valence-corrected chi connectivity index (χ4v) is 8.08. The Labute approximate surface area is 310 Å². The number of urea groups is 1. The largest absolute Gasteiger partial charge is 0.494 e. The van der Waals surface area contributed by atoms with Gasteiger partial charge in [0.05, 0.1) is 37.7 Å². The number of likely N-dealkylation sites (tertiary alicyclic amines) is 1. The van der Waals surface area contributed by atoms with Crippen molar-refractivity contribution < 1.29 is 18.7 Å². The highest BCUT2D eigenvalue weighted by Gasteiger charge is 2.38. The van der Waals surface area contributed by atoms with Crippen LogP contribution in [-0.4, -0.2) is 54.5 Å². The topological polar surface area (TPSA) is 102 Å². The number of carbonyl (C=O) groups is 1. The highest BCUT2D eigenvalue weighted by molar-refractivity contribution is 6.74. The standard InChI is InChI=1S/C41H58N6O4Si/c1-40(2,3)28-23-27(26-50-52(9,10)41(4,5)6)37(49-8)33(24-28)43-39(48)42-32-19-20-35(31-16-12-11-15-30(31)32)51-29-18-21-36-44-45-38(47(36)25-29)34-17-13-14-22-46(34)7/h11-12,15-16,18,21,23-25,32,34-35H,13-14,17,19-20,22,26H2,1-10H3,(H2,42,43,48)/t32-,34-,35+/m0/s1. The zero-order valence-corrected chi connectivity index (χ0v) is 33.8. The number of carbonyl (C=O) groups excluding carboxylic acids is 1. The zero-order valence-electron chi connectivity index (χ0n) is 32.8. The number of benzene rings is 2. The van der Waals surface area contributed by atoms with Crippen LogP contribution in [0.4, 0.5) is 10.5 Å². The van der Waals surface area contributed by atoms with E-state index in [4.69, 9.17) is 13.9 Å². The molecule has 0 unspecified atom stereocenters. The van der Waals surface area contributed by atoms with Crippen molar-refractivity contribution in [3.05, 3.63) is 82.8 Å². The lowest BCUT2D eigenvalue weighted by Gasteiger charge is -2.36. The molecular formula is C41H58N6O4Si. The lowest BCUT2D eigenvalue weighted by Crippen LogP contribution is -2.40. The highest BCUT2D eigenvalue weighted by Crippen LogP contribution is 2.42. The summed E-state index contributed by atoms with van der Waals surface area (Å²) < 4.78 is 21.3. The van der Waals surface area contributed by atoms with Crippen LogP contribution in [-0.2, 0) is 16.4 Å². The molecule has 280 valence electrons. The van der Waals surface area contributed by atoms with E-state index in [1.807, 2.05) is 36.5 Å². The van der Waals surface area contributed by atoms with E-state index in [2.05, 4.69) is 110 Å². The number of rotatable bonds is 9. The molecule has 1 aliphatic carbocycles. The van der Waals surface area contributed by atoms with Gasteiger partial charge in [0.15, 0.2) is 19.8 Å². The summed E-state index contributed by atoms with van der Waals surface area (Å²) in [5.74, 6) is 2.36. The smallest absolute Gasteiger partial charge is 0.319 e. The molecule has 2 amide bonds. The molecule has 6 rings (SSSR count). The van der Waals surface area contributed by atoms with Gasteiger partial charge in [-0.15, -0.1) is 10.2 Å². The van der Waals surface area contributed by atoms with Gasteiger partial charge >= 0.3 is 6.03 Å². The molecule has 0 radical (unpaired) electrons. The van der Waals surface area contributed by atoms with Gasteiger partial charge in [0.25, 0.3) is 0 Å². The van der Waals surface area contributed by atoms with Crippen molar-refractivity contribution in [3.8, 4) is 11.5 Å². The minimum absolute atomic E-state index is 0.0731. The lowest BCUT2D eigenvalue weighted by molar-refractivity contribution is 0.170. The number of piperidine rings is 1. The molecule has 3 heterocycles. The van der Waals surface area contributed by atoms with E-state index >= 15 is 0 Å². The minimum Gasteiger partial charge on any atom is -0.494 e. The monoisotopic (exact) mass is 726 g/mol. The Morgan fingerprint density at radius 3 is 2.40 bits per heavy atom. The first-order valence-electron chi connectivity index (χ1n) is 18.8. The average Bonchev–Trinajstić information content (AvgIpc) is 3.50. The van der Waals surface area contributed by atoms with Gasteiger partial charge in [-0.3, -0.25) is 9.30 Å². The Bertz CT molecular complexity index is 1890. The number of amides is 2. The third kappa shape index (κ3) is 8.01. The van der Waals surface area contributed by atoms with E-state index in [-0.39, 0.29) is 34.7 Å². The maximum atomic E-state index is 13.8. The molecule has 52 heavy (non-hydrogen) atoms. The Hall–Kier alpha value is -3.93. The average molecular weight is 727 g/mol. The molecule has 0 bridgehead atoms. The Kier molecular flexibility index (Phi) is 10.8. The Morgan fingerprint density at radius 2 is 1.71 bits per heavy atom. The summed E-state index contributed by atoms with van der Waals surface area (Å²) in [6.45, 7) is 19.2. The number of methoxy groups -OCH3 is 1. The fourth-order valence-electron chi connectivity index (χ4n) is 7.13. The van der Waals surface area contributed by atoms with Crippen LogP contribution in [0.25, 0.3) is 5.65 Å². The van der Waals surface area contributed by atoms with E-state index in [0.717, 1.165) is 65.3 Å². The normalized spacial score (nSPS) is 20.0. The SMILES string of the molecule is COc1c(CO[Si](C)(C)C(C)(C)C)cc(C(C)(C)C)cc1NC(=O)N[C@H]1CC[C@@H](Oc2ccc3nnc([C@@H]4CCCCN4C)n3c2)c2ccccc21. The minimum atomic E-state index is -2.03. The van der Waals surface area contributed by atoms with Crippen molar-refractivity contribution in [1.29, 1.82) is 0 Å². The zero-order chi connectivity index (χ0) is 37.4. The Balaban J connectivity index is 1.20. The van der Waals surface area contributed by atoms with E-state index in [1.165, 1.54) is 12.8 Å². The summed E-state index contributed by atoms with van der Waals surface area (Å²) >= 11 is 0. The van der Waals surface area contributed by atoms with Crippen LogP contribution >= 0.6 is 0 Å². The molecule has 10 nitrogen and oxygen atoms in total. The molecule has 2 aliphatic rings. The van der Waals surface area contributed by atoms with E-state index in [0.29, 0.717) is 18.0 Å². The van der Waals surface area contributed by atoms with Crippen molar-refractivity contribution >= 4 is 25.7 Å². The number of aromatic nitrogens is 3. The Morgan fingerprint density at radius 1 is 0.962 bits per heavy atom. The summed E-state index contributed by atoms with van der Waals surface area (Å²) in [7, 11) is 1.79. The number of ether oxygens (including phenoxy) is 2. The molecule has 3 atom stereocenters. The van der Waals surface area contributed by atoms with Crippen molar-refractivity contribution in [2.24, 2.45) is 0 Å². The second kappa shape index (κ2) is 14.8. The summed E-state index contributed by atoms with van der Waals surface area (Å²) in [6.07, 6.45) is 6.82. The third-order valence-corrected chi connectivity index (χ3v) is 15.8. The van der Waals surface area contributed by atoms with E-state index in [1.54, 1.807) is 7.11 Å². The number of hydrogen-bond acceptors (Lipinski definition) is 7. The van der Waals surface area contributed by atoms with E-state index in [9.17, 15) is 4.79 Å². The maximum Gasteiger partial charge on any atom is 0.319 e. The highest BCUT2D eigenvalue weighted by atomic mass is 28.4. The molecule has 0 spiro atoms. The van der Waals surface area contributed by atoms with Crippen LogP contribution in [0.3, 0.4) is 0 Å². The molecule has 0 saturated carbocycles. The van der Waals surface area contributed by atoms with Crippen LogP contribution in [0, 0.1) is 0 Å². The number of fused-ring (bicyclic) bond motifs is 2. The molecule has 2 N–H and O–H groups in total. The molecular weight excluding hydrogens is 669 g/mol.